The van der Waals surface area contributed by atoms with Crippen LogP contribution in [0.1, 0.15) is 62.5 Å². The van der Waals surface area contributed by atoms with Crippen molar-refractivity contribution < 1.29 is 14.3 Å². The summed E-state index contributed by atoms with van der Waals surface area (Å²) in [6.07, 6.45) is 8.79. The smallest absolute Gasteiger partial charge is 0.329 e. The fourth-order valence-corrected chi connectivity index (χ4v) is 6.98. The fourth-order valence-electron chi connectivity index (χ4n) is 6.98. The van der Waals surface area contributed by atoms with Crippen LogP contribution >= 0.6 is 0 Å². The summed E-state index contributed by atoms with van der Waals surface area (Å²) < 4.78 is 5.63. The number of amides is 1. The van der Waals surface area contributed by atoms with Crippen molar-refractivity contribution in [3.05, 3.63) is 35.4 Å². The first-order chi connectivity index (χ1) is 13.5. The monoisotopic (exact) mass is 381 g/mol. The van der Waals surface area contributed by atoms with Gasteiger partial charge in [-0.2, -0.15) is 0 Å². The van der Waals surface area contributed by atoms with Crippen LogP contribution in [0.3, 0.4) is 0 Å². The number of esters is 1. The summed E-state index contributed by atoms with van der Waals surface area (Å²) in [5.74, 6) is 2.26. The zero-order chi connectivity index (χ0) is 19.3. The number of carbonyl (C=O) groups is 2. The van der Waals surface area contributed by atoms with Gasteiger partial charge in [0.2, 0.25) is 5.91 Å². The van der Waals surface area contributed by atoms with Crippen LogP contribution in [0.4, 0.5) is 0 Å². The second-order valence-electron chi connectivity index (χ2n) is 9.95. The highest BCUT2D eigenvalue weighted by atomic mass is 16.5. The zero-order valence-electron chi connectivity index (χ0n) is 16.9. The second kappa shape index (κ2) is 6.89. The van der Waals surface area contributed by atoms with E-state index in [-0.39, 0.29) is 29.9 Å². The molecule has 1 aromatic rings. The Kier molecular flexibility index (Phi) is 4.48. The van der Waals surface area contributed by atoms with E-state index in [1.165, 1.54) is 19.3 Å². The molecule has 5 aliphatic rings. The summed E-state index contributed by atoms with van der Waals surface area (Å²) >= 11 is 0. The summed E-state index contributed by atoms with van der Waals surface area (Å²) in [5, 5.41) is 0. The van der Waals surface area contributed by atoms with E-state index in [9.17, 15) is 9.59 Å². The maximum atomic E-state index is 13.7. The topological polar surface area (TPSA) is 46.6 Å². The fraction of sp³-hybridized carbons (Fsp3) is 0.667. The molecule has 4 nitrogen and oxygen atoms in total. The number of likely N-dealkylation sites (tertiary alicyclic amines) is 1. The maximum absolute atomic E-state index is 13.7. The number of benzene rings is 1. The molecule has 28 heavy (non-hydrogen) atoms. The molecular formula is C24H31NO3. The molecule has 150 valence electrons. The average Bonchev–Trinajstić information content (AvgIpc) is 3.14. The molecule has 4 bridgehead atoms. The number of nitrogens with zero attached hydrogens (tertiary/aromatic N) is 1. The van der Waals surface area contributed by atoms with Crippen LogP contribution in [0.15, 0.2) is 24.3 Å². The molecule has 4 heteroatoms. The predicted molar refractivity (Wildman–Crippen MR) is 106 cm³/mol. The molecule has 1 heterocycles. The van der Waals surface area contributed by atoms with Crippen molar-refractivity contribution in [3.63, 3.8) is 0 Å². The number of hydrogen-bond acceptors (Lipinski definition) is 3. The maximum Gasteiger partial charge on any atom is 0.329 e. The molecule has 0 radical (unpaired) electrons. The van der Waals surface area contributed by atoms with Crippen LogP contribution in [0, 0.1) is 30.1 Å². The number of hydrogen-bond donors (Lipinski definition) is 0. The Labute approximate surface area is 167 Å². The molecule has 1 aliphatic heterocycles. The molecule has 1 aromatic carbocycles. The Hall–Kier alpha value is -1.84. The molecule has 0 aromatic heterocycles. The van der Waals surface area contributed by atoms with E-state index < -0.39 is 0 Å². The molecule has 1 amide bonds. The molecule has 5 fully saturated rings. The highest BCUT2D eigenvalue weighted by Crippen LogP contribution is 2.60. The van der Waals surface area contributed by atoms with Gasteiger partial charge in [0.05, 0.1) is 5.41 Å². The van der Waals surface area contributed by atoms with E-state index in [0.717, 1.165) is 61.0 Å². The van der Waals surface area contributed by atoms with E-state index in [4.69, 9.17) is 4.74 Å². The van der Waals surface area contributed by atoms with E-state index in [0.29, 0.717) is 6.54 Å². The van der Waals surface area contributed by atoms with Gasteiger partial charge in [0.1, 0.15) is 12.6 Å². The minimum absolute atomic E-state index is 0.172. The van der Waals surface area contributed by atoms with Crippen molar-refractivity contribution in [2.24, 2.45) is 23.2 Å². The zero-order valence-corrected chi connectivity index (χ0v) is 16.9. The van der Waals surface area contributed by atoms with Crippen LogP contribution in [-0.4, -0.2) is 29.4 Å². The first kappa shape index (κ1) is 18.2. The molecule has 1 unspecified atom stereocenters. The Bertz CT molecular complexity index is 751. The summed E-state index contributed by atoms with van der Waals surface area (Å²) in [5.41, 5.74) is 1.99. The average molecular weight is 382 g/mol. The van der Waals surface area contributed by atoms with Gasteiger partial charge >= 0.3 is 5.97 Å². The highest BCUT2D eigenvalue weighted by molar-refractivity contribution is 5.89. The van der Waals surface area contributed by atoms with E-state index in [1.807, 2.05) is 36.1 Å². The third-order valence-corrected chi connectivity index (χ3v) is 7.74. The first-order valence-electron chi connectivity index (χ1n) is 11.1. The van der Waals surface area contributed by atoms with Crippen molar-refractivity contribution in [2.45, 2.75) is 70.9 Å². The van der Waals surface area contributed by atoms with Gasteiger partial charge < -0.3 is 9.64 Å². The minimum Gasteiger partial charge on any atom is -0.459 e. The van der Waals surface area contributed by atoms with Crippen LogP contribution in [0.2, 0.25) is 0 Å². The number of rotatable bonds is 4. The SMILES string of the molecule is Cc1cccc(COC(=O)C2CCCN2C(=O)C23CC4CC(CC(C4)C2)C3)c1. The number of aryl methyl sites for hydroxylation is 1. The molecule has 0 spiro atoms. The van der Waals surface area contributed by atoms with Gasteiger partial charge in [-0.15, -0.1) is 0 Å². The highest BCUT2D eigenvalue weighted by Gasteiger charge is 2.56. The Balaban J connectivity index is 1.27. The Morgan fingerprint density at radius 1 is 1.11 bits per heavy atom. The summed E-state index contributed by atoms with van der Waals surface area (Å²) in [6.45, 7) is 3.04. The number of ether oxygens (including phenoxy) is 1. The molecule has 4 aliphatic carbocycles. The van der Waals surface area contributed by atoms with Crippen LogP contribution in [0.25, 0.3) is 0 Å². The first-order valence-corrected chi connectivity index (χ1v) is 11.1. The van der Waals surface area contributed by atoms with Crippen molar-refractivity contribution in [2.75, 3.05) is 6.54 Å². The number of carbonyl (C=O) groups excluding carboxylic acids is 2. The van der Waals surface area contributed by atoms with Gasteiger partial charge in [-0.1, -0.05) is 29.8 Å². The third kappa shape index (κ3) is 3.15. The van der Waals surface area contributed by atoms with Crippen molar-refractivity contribution in [1.29, 1.82) is 0 Å². The lowest BCUT2D eigenvalue weighted by Gasteiger charge is -2.56. The van der Waals surface area contributed by atoms with Crippen molar-refractivity contribution in [1.82, 2.24) is 4.90 Å². The van der Waals surface area contributed by atoms with Gasteiger partial charge in [-0.3, -0.25) is 4.79 Å². The molecule has 1 saturated heterocycles. The summed E-state index contributed by atoms with van der Waals surface area (Å²) in [6, 6.07) is 7.66. The Morgan fingerprint density at radius 2 is 1.79 bits per heavy atom. The quantitative estimate of drug-likeness (QED) is 0.733. The lowest BCUT2D eigenvalue weighted by atomic mass is 9.49. The molecule has 1 atom stereocenters. The van der Waals surface area contributed by atoms with Gasteiger partial charge in [0, 0.05) is 6.54 Å². The molecule has 4 saturated carbocycles. The van der Waals surface area contributed by atoms with E-state index >= 15 is 0 Å². The van der Waals surface area contributed by atoms with E-state index in [1.54, 1.807) is 0 Å². The van der Waals surface area contributed by atoms with Gasteiger partial charge in [0.15, 0.2) is 0 Å². The summed E-state index contributed by atoms with van der Waals surface area (Å²) in [7, 11) is 0. The normalized spacial score (nSPS) is 36.0. The lowest BCUT2D eigenvalue weighted by Crippen LogP contribution is -2.56. The largest absolute Gasteiger partial charge is 0.459 e. The van der Waals surface area contributed by atoms with Crippen LogP contribution in [0.5, 0.6) is 0 Å². The Morgan fingerprint density at radius 3 is 2.43 bits per heavy atom. The third-order valence-electron chi connectivity index (χ3n) is 7.74. The molecule has 6 rings (SSSR count). The van der Waals surface area contributed by atoms with Gasteiger partial charge in [-0.25, -0.2) is 4.79 Å². The minimum atomic E-state index is -0.384. The van der Waals surface area contributed by atoms with E-state index in [2.05, 4.69) is 0 Å². The second-order valence-corrected chi connectivity index (χ2v) is 9.95. The van der Waals surface area contributed by atoms with Gasteiger partial charge in [0.25, 0.3) is 0 Å². The van der Waals surface area contributed by atoms with Crippen molar-refractivity contribution in [3.8, 4) is 0 Å². The van der Waals surface area contributed by atoms with Gasteiger partial charge in [-0.05, 0) is 81.6 Å². The molecule has 0 N–H and O–H groups in total. The standard InChI is InChI=1S/C24H31NO3/c1-16-4-2-5-17(8-16)15-28-22(26)21-6-3-7-25(21)23(27)24-12-18-9-19(13-24)11-20(10-18)14-24/h2,4-5,8,18-21H,3,6-7,9-15H2,1H3. The lowest BCUT2D eigenvalue weighted by molar-refractivity contribution is -0.166. The summed E-state index contributed by atoms with van der Waals surface area (Å²) in [4.78, 5) is 28.4. The van der Waals surface area contributed by atoms with Crippen LogP contribution in [-0.2, 0) is 20.9 Å². The van der Waals surface area contributed by atoms with Crippen LogP contribution < -0.4 is 0 Å². The predicted octanol–water partition coefficient (Wildman–Crippen LogP) is 4.25. The van der Waals surface area contributed by atoms with Crippen molar-refractivity contribution >= 4 is 11.9 Å². The molecular weight excluding hydrogens is 350 g/mol.